The number of aromatic nitrogens is 3. The van der Waals surface area contributed by atoms with Crippen LogP contribution in [0.4, 0.5) is 0 Å². The smallest absolute Gasteiger partial charge is 0.305 e. The molecule has 2 amide bonds. The lowest BCUT2D eigenvalue weighted by molar-refractivity contribution is 0.0829. The van der Waals surface area contributed by atoms with Gasteiger partial charge in [-0.1, -0.05) is 13.8 Å². The highest BCUT2D eigenvalue weighted by Crippen LogP contribution is 2.30. The molecule has 4 rings (SSSR count). The molecule has 0 fully saturated rings. The second-order valence-electron chi connectivity index (χ2n) is 8.94. The number of rotatable bonds is 8. The van der Waals surface area contributed by atoms with Crippen molar-refractivity contribution in [2.75, 3.05) is 13.1 Å². The minimum Gasteiger partial charge on any atom is -0.466 e. The molecule has 4 heterocycles. The van der Waals surface area contributed by atoms with Gasteiger partial charge in [0.15, 0.2) is 11.4 Å². The summed E-state index contributed by atoms with van der Waals surface area (Å²) < 4.78 is 13.1. The highest BCUT2D eigenvalue weighted by atomic mass is 16.4. The van der Waals surface area contributed by atoms with E-state index in [9.17, 15) is 9.59 Å². The summed E-state index contributed by atoms with van der Waals surface area (Å²) in [5, 5.41) is 5.01. The lowest BCUT2D eigenvalue weighted by atomic mass is 10.1. The average molecular weight is 493 g/mol. The molecule has 0 saturated heterocycles. The number of nitrogens with zero attached hydrogens (tertiary/aromatic N) is 4. The molecule has 4 aromatic heterocycles. The first kappa shape index (κ1) is 25.2. The van der Waals surface area contributed by atoms with E-state index in [4.69, 9.17) is 13.8 Å². The van der Waals surface area contributed by atoms with Gasteiger partial charge in [-0.3, -0.25) is 25.3 Å². The van der Waals surface area contributed by atoms with Crippen LogP contribution in [0.3, 0.4) is 0 Å². The summed E-state index contributed by atoms with van der Waals surface area (Å²) in [6.07, 6.45) is 1.61. The van der Waals surface area contributed by atoms with Crippen molar-refractivity contribution in [1.82, 2.24) is 30.5 Å². The molecule has 0 bridgehead atoms. The van der Waals surface area contributed by atoms with Crippen LogP contribution in [-0.4, -0.2) is 44.6 Å². The lowest BCUT2D eigenvalue weighted by Crippen LogP contribution is -2.41. The monoisotopic (exact) mass is 492 g/mol. The Morgan fingerprint density at radius 3 is 2.42 bits per heavy atom. The molecule has 10 nitrogen and oxygen atoms in total. The summed E-state index contributed by atoms with van der Waals surface area (Å²) in [5.41, 5.74) is 7.24. The largest absolute Gasteiger partial charge is 0.466 e. The third-order valence-electron chi connectivity index (χ3n) is 6.07. The Balaban J connectivity index is 1.58. The molecule has 10 heteroatoms. The lowest BCUT2D eigenvalue weighted by Gasteiger charge is -2.15. The highest BCUT2D eigenvalue weighted by molar-refractivity contribution is 6.07. The molecule has 0 spiro atoms. The Labute approximate surface area is 209 Å². The van der Waals surface area contributed by atoms with Crippen molar-refractivity contribution in [3.63, 3.8) is 0 Å². The molecule has 190 valence electrons. The van der Waals surface area contributed by atoms with Crippen molar-refractivity contribution in [3.8, 4) is 11.3 Å². The van der Waals surface area contributed by atoms with E-state index in [1.165, 1.54) is 0 Å². The van der Waals surface area contributed by atoms with Gasteiger partial charge in [0.25, 0.3) is 5.91 Å². The normalized spacial score (nSPS) is 11.6. The zero-order valence-electron chi connectivity index (χ0n) is 21.5. The van der Waals surface area contributed by atoms with Crippen LogP contribution in [0.25, 0.3) is 22.3 Å². The maximum atomic E-state index is 13.2. The van der Waals surface area contributed by atoms with Crippen LogP contribution in [0.15, 0.2) is 39.3 Å². The Hall–Kier alpha value is -3.92. The second kappa shape index (κ2) is 10.4. The van der Waals surface area contributed by atoms with Crippen LogP contribution in [0.2, 0.25) is 0 Å². The summed E-state index contributed by atoms with van der Waals surface area (Å²) in [6.45, 7) is 14.2. The zero-order valence-corrected chi connectivity index (χ0v) is 21.5. The molecule has 0 aliphatic rings. The molecule has 0 aliphatic carbocycles. The molecule has 2 N–H and O–H groups in total. The predicted molar refractivity (Wildman–Crippen MR) is 135 cm³/mol. The summed E-state index contributed by atoms with van der Waals surface area (Å²) >= 11 is 0. The molecule has 0 unspecified atom stereocenters. The molecule has 36 heavy (non-hydrogen) atoms. The van der Waals surface area contributed by atoms with Gasteiger partial charge in [-0.2, -0.15) is 5.10 Å². The van der Waals surface area contributed by atoms with Crippen LogP contribution in [-0.2, 0) is 6.54 Å². The van der Waals surface area contributed by atoms with Crippen molar-refractivity contribution in [1.29, 1.82) is 0 Å². The Kier molecular flexibility index (Phi) is 7.25. The number of hydrazine groups is 1. The van der Waals surface area contributed by atoms with Gasteiger partial charge >= 0.3 is 5.91 Å². The van der Waals surface area contributed by atoms with Crippen LogP contribution >= 0.6 is 0 Å². The fraction of sp³-hybridized carbons (Fsp3) is 0.385. The Morgan fingerprint density at radius 2 is 1.78 bits per heavy atom. The molecule has 0 aromatic carbocycles. The maximum absolute atomic E-state index is 13.2. The van der Waals surface area contributed by atoms with E-state index in [1.807, 2.05) is 33.8 Å². The first-order valence-electron chi connectivity index (χ1n) is 12.1. The standard InChI is InChI=1S/C26H32N6O4/c1-7-31(8-2)14-18-9-10-23(36-18)26(34)30-29-25(33)20-12-22(19-11-16(5)35-17(19)6)28-24-21(20)13-27-32(24)15(3)4/h9-13,15H,7-8,14H2,1-6H3,(H,29,33)(H,30,34). The maximum Gasteiger partial charge on any atom is 0.305 e. The van der Waals surface area contributed by atoms with E-state index in [0.717, 1.165) is 24.4 Å². The number of nitrogens with one attached hydrogen (secondary N) is 2. The van der Waals surface area contributed by atoms with E-state index in [1.54, 1.807) is 29.1 Å². The second-order valence-corrected chi connectivity index (χ2v) is 8.94. The summed E-state index contributed by atoms with van der Waals surface area (Å²) in [4.78, 5) is 32.8. The van der Waals surface area contributed by atoms with Crippen LogP contribution < -0.4 is 10.9 Å². The van der Waals surface area contributed by atoms with Gasteiger partial charge in [-0.15, -0.1) is 0 Å². The van der Waals surface area contributed by atoms with Crippen molar-refractivity contribution in [3.05, 3.63) is 59.1 Å². The number of aryl methyl sites for hydroxylation is 2. The first-order chi connectivity index (χ1) is 17.2. The van der Waals surface area contributed by atoms with Gasteiger partial charge in [0.1, 0.15) is 17.3 Å². The third kappa shape index (κ3) is 5.03. The van der Waals surface area contributed by atoms with Gasteiger partial charge in [0, 0.05) is 11.6 Å². The molecular weight excluding hydrogens is 460 g/mol. The van der Waals surface area contributed by atoms with Gasteiger partial charge < -0.3 is 8.83 Å². The molecule has 0 saturated carbocycles. The number of furan rings is 2. The number of hydrogen-bond donors (Lipinski definition) is 2. The van der Waals surface area contributed by atoms with Crippen molar-refractivity contribution >= 4 is 22.8 Å². The van der Waals surface area contributed by atoms with Gasteiger partial charge in [0.05, 0.1) is 29.4 Å². The van der Waals surface area contributed by atoms with Crippen LogP contribution in [0.1, 0.15) is 71.9 Å². The van der Waals surface area contributed by atoms with Crippen LogP contribution in [0.5, 0.6) is 0 Å². The van der Waals surface area contributed by atoms with Crippen molar-refractivity contribution in [2.45, 2.75) is 54.1 Å². The van der Waals surface area contributed by atoms with E-state index in [0.29, 0.717) is 40.4 Å². The van der Waals surface area contributed by atoms with E-state index in [-0.39, 0.29) is 11.8 Å². The van der Waals surface area contributed by atoms with E-state index in [2.05, 4.69) is 34.7 Å². The fourth-order valence-electron chi connectivity index (χ4n) is 4.10. The third-order valence-corrected chi connectivity index (χ3v) is 6.07. The summed E-state index contributed by atoms with van der Waals surface area (Å²) in [7, 11) is 0. The minimum atomic E-state index is -0.543. The van der Waals surface area contributed by atoms with E-state index < -0.39 is 11.8 Å². The van der Waals surface area contributed by atoms with Gasteiger partial charge in [0.2, 0.25) is 0 Å². The predicted octanol–water partition coefficient (Wildman–Crippen LogP) is 4.40. The number of carbonyl (C=O) groups excluding carboxylic acids is 2. The first-order valence-corrected chi connectivity index (χ1v) is 12.1. The van der Waals surface area contributed by atoms with E-state index >= 15 is 0 Å². The number of hydrogen-bond acceptors (Lipinski definition) is 7. The molecule has 0 radical (unpaired) electrons. The van der Waals surface area contributed by atoms with Gasteiger partial charge in [-0.05, 0) is 65.0 Å². The topological polar surface area (TPSA) is 118 Å². The number of amides is 2. The fourth-order valence-corrected chi connectivity index (χ4v) is 4.10. The van der Waals surface area contributed by atoms with Crippen molar-refractivity contribution in [2.24, 2.45) is 0 Å². The summed E-state index contributed by atoms with van der Waals surface area (Å²) in [5.74, 6) is 1.22. The van der Waals surface area contributed by atoms with Gasteiger partial charge in [-0.25, -0.2) is 9.67 Å². The number of carbonyl (C=O) groups is 2. The highest BCUT2D eigenvalue weighted by Gasteiger charge is 2.21. The molecule has 0 atom stereocenters. The minimum absolute atomic E-state index is 0.0394. The number of fused-ring (bicyclic) bond motifs is 1. The SMILES string of the molecule is CCN(CC)Cc1ccc(C(=O)NNC(=O)c2cc(-c3cc(C)oc3C)nc3c2cnn3C(C)C)o1. The van der Waals surface area contributed by atoms with Crippen molar-refractivity contribution < 1.29 is 18.4 Å². The van der Waals surface area contributed by atoms with Crippen LogP contribution in [0, 0.1) is 13.8 Å². The molecule has 0 aliphatic heterocycles. The summed E-state index contributed by atoms with van der Waals surface area (Å²) in [6, 6.07) is 6.97. The molecular formula is C26H32N6O4. The Morgan fingerprint density at radius 1 is 1.06 bits per heavy atom. The number of pyridine rings is 1. The molecule has 4 aromatic rings. The average Bonchev–Trinajstić information content (AvgIpc) is 3.58. The Bertz CT molecular complexity index is 1390. The zero-order chi connectivity index (χ0) is 26.0. The quantitative estimate of drug-likeness (QED) is 0.350.